The van der Waals surface area contributed by atoms with E-state index in [1.54, 1.807) is 0 Å². The van der Waals surface area contributed by atoms with Crippen molar-refractivity contribution in [3.63, 3.8) is 0 Å². The summed E-state index contributed by atoms with van der Waals surface area (Å²) in [6.07, 6.45) is 11.6. The SMILES string of the molecule is CC(C)Cc1cccc(C2CCC3SSCCC4(C)C5CC6=C(CCCC37NC(N)=NCC27)C(=O)CC64C(CCCO)C(CO)C5)c1. The lowest BCUT2D eigenvalue weighted by atomic mass is 9.47. The van der Waals surface area contributed by atoms with Crippen LogP contribution in [0.4, 0.5) is 0 Å². The fourth-order valence-corrected chi connectivity index (χ4v) is 15.3. The Bertz CT molecular complexity index is 1410. The first-order valence-corrected chi connectivity index (χ1v) is 21.0. The number of benzene rings is 1. The van der Waals surface area contributed by atoms with E-state index in [1.807, 2.05) is 10.8 Å². The summed E-state index contributed by atoms with van der Waals surface area (Å²) in [6.45, 7) is 8.21. The molecule has 0 radical (unpaired) electrons. The molecular formula is C39H57N3O3S2. The van der Waals surface area contributed by atoms with Gasteiger partial charge in [0.2, 0.25) is 0 Å². The van der Waals surface area contributed by atoms with E-state index in [1.165, 1.54) is 23.1 Å². The normalized spacial score (nSPS) is 40.1. The molecule has 258 valence electrons. The Hall–Kier alpha value is -1.48. The van der Waals surface area contributed by atoms with Gasteiger partial charge in [0.25, 0.3) is 0 Å². The number of ketones is 1. The van der Waals surface area contributed by atoms with Gasteiger partial charge in [0, 0.05) is 48.5 Å². The minimum Gasteiger partial charge on any atom is -0.396 e. The third-order valence-corrected chi connectivity index (χ3v) is 17.0. The smallest absolute Gasteiger partial charge is 0.189 e. The number of rotatable bonds is 7. The first kappa shape index (κ1) is 34.0. The number of nitrogens with zero attached hydrogens (tertiary/aromatic N) is 1. The van der Waals surface area contributed by atoms with E-state index in [4.69, 9.17) is 10.7 Å². The largest absolute Gasteiger partial charge is 0.396 e. The number of allylic oxidation sites excluding steroid dienone is 2. The summed E-state index contributed by atoms with van der Waals surface area (Å²) in [5.41, 5.74) is 11.7. The number of carbonyl (C=O) groups excluding carboxylic acids is 1. The van der Waals surface area contributed by atoms with Crippen molar-refractivity contribution in [3.8, 4) is 0 Å². The van der Waals surface area contributed by atoms with Gasteiger partial charge in [-0.15, -0.1) is 0 Å². The number of carbonyl (C=O) groups is 1. The van der Waals surface area contributed by atoms with Gasteiger partial charge >= 0.3 is 0 Å². The molecule has 3 saturated carbocycles. The van der Waals surface area contributed by atoms with Crippen molar-refractivity contribution in [1.29, 1.82) is 0 Å². The second-order valence-electron chi connectivity index (χ2n) is 16.5. The Morgan fingerprint density at radius 2 is 2.04 bits per heavy atom. The van der Waals surface area contributed by atoms with Gasteiger partial charge in [-0.2, -0.15) is 0 Å². The molecule has 7 rings (SSSR count). The number of nitrogens with one attached hydrogen (secondary N) is 1. The van der Waals surface area contributed by atoms with Crippen molar-refractivity contribution in [2.24, 2.45) is 51.1 Å². The third kappa shape index (κ3) is 5.54. The summed E-state index contributed by atoms with van der Waals surface area (Å²) in [6, 6.07) is 9.35. The molecule has 5 bridgehead atoms. The predicted octanol–water partition coefficient (Wildman–Crippen LogP) is 7.04. The van der Waals surface area contributed by atoms with Crippen LogP contribution in [-0.4, -0.2) is 58.3 Å². The van der Waals surface area contributed by atoms with Gasteiger partial charge in [0.1, 0.15) is 0 Å². The van der Waals surface area contributed by atoms with E-state index < -0.39 is 0 Å². The minimum absolute atomic E-state index is 0.0478. The minimum atomic E-state index is -0.163. The molecule has 1 aromatic rings. The molecule has 5 N–H and O–H groups in total. The molecule has 2 spiro atoms. The molecule has 6 aliphatic rings. The van der Waals surface area contributed by atoms with E-state index in [2.05, 4.69) is 61.1 Å². The van der Waals surface area contributed by atoms with Crippen molar-refractivity contribution in [1.82, 2.24) is 5.32 Å². The zero-order chi connectivity index (χ0) is 33.0. The molecule has 6 nitrogen and oxygen atoms in total. The lowest BCUT2D eigenvalue weighted by Crippen LogP contribution is -2.67. The summed E-state index contributed by atoms with van der Waals surface area (Å²) >= 11 is 0. The average Bonchev–Trinajstić information content (AvgIpc) is 3.38. The van der Waals surface area contributed by atoms with Crippen LogP contribution in [0.3, 0.4) is 0 Å². The molecule has 2 heterocycles. The van der Waals surface area contributed by atoms with Crippen LogP contribution in [0.5, 0.6) is 0 Å². The second-order valence-corrected chi connectivity index (χ2v) is 19.2. The molecule has 9 unspecified atom stereocenters. The Morgan fingerprint density at radius 1 is 1.19 bits per heavy atom. The number of aliphatic hydroxyl groups excluding tert-OH is 2. The van der Waals surface area contributed by atoms with Crippen LogP contribution in [0, 0.1) is 40.4 Å². The van der Waals surface area contributed by atoms with Crippen LogP contribution >= 0.6 is 21.6 Å². The lowest BCUT2D eigenvalue weighted by molar-refractivity contribution is -0.125. The zero-order valence-electron chi connectivity index (χ0n) is 28.8. The summed E-state index contributed by atoms with van der Waals surface area (Å²) in [4.78, 5) is 19.0. The van der Waals surface area contributed by atoms with Crippen molar-refractivity contribution in [3.05, 3.63) is 46.5 Å². The average molecular weight is 680 g/mol. The maximum Gasteiger partial charge on any atom is 0.189 e. The van der Waals surface area contributed by atoms with Crippen molar-refractivity contribution < 1.29 is 15.0 Å². The van der Waals surface area contributed by atoms with Crippen molar-refractivity contribution in [2.45, 2.75) is 115 Å². The number of hydrogen-bond acceptors (Lipinski definition) is 8. The number of Topliss-reactive ketones (excluding diaryl/α,β-unsaturated/α-hetero) is 1. The zero-order valence-corrected chi connectivity index (χ0v) is 30.4. The predicted molar refractivity (Wildman–Crippen MR) is 195 cm³/mol. The standard InChI is InChI=1S/C39H57N3O3S2/c1-24(2)17-25-7-4-8-26(18-25)29-11-12-35-39(33(29)22-41-36(40)42-39)13-5-9-30-32-20-28-19-27(23-44)31(10-6-15-43)38(32,21-34(30)45)37(28,3)14-16-46-47-35/h4,7-8,18,24,27-29,31,33,35,43-44H,5-6,9-17,19-23H2,1-3H3,(H3,40,41,42). The molecule has 4 aliphatic carbocycles. The van der Waals surface area contributed by atoms with E-state index >= 15 is 0 Å². The van der Waals surface area contributed by atoms with Crippen molar-refractivity contribution in [2.75, 3.05) is 25.5 Å². The first-order valence-electron chi connectivity index (χ1n) is 18.6. The fraction of sp³-hybridized carbons (Fsp3) is 0.744. The topological polar surface area (TPSA) is 108 Å². The van der Waals surface area contributed by atoms with Gasteiger partial charge in [-0.1, -0.05) is 72.2 Å². The number of nitrogens with two attached hydrogens (primary N) is 1. The monoisotopic (exact) mass is 679 g/mol. The van der Waals surface area contributed by atoms with Crippen LogP contribution in [0.1, 0.15) is 108 Å². The van der Waals surface area contributed by atoms with Gasteiger partial charge < -0.3 is 21.3 Å². The summed E-state index contributed by atoms with van der Waals surface area (Å²) in [5, 5.41) is 24.8. The highest BCUT2D eigenvalue weighted by atomic mass is 33.1. The highest BCUT2D eigenvalue weighted by Gasteiger charge is 2.69. The van der Waals surface area contributed by atoms with Crippen LogP contribution in [-0.2, 0) is 11.2 Å². The molecular weight excluding hydrogens is 623 g/mol. The molecule has 3 fully saturated rings. The van der Waals surface area contributed by atoms with Crippen LogP contribution in [0.15, 0.2) is 40.4 Å². The summed E-state index contributed by atoms with van der Waals surface area (Å²) in [5.74, 6) is 4.41. The molecule has 0 saturated heterocycles. The fourth-order valence-electron chi connectivity index (χ4n) is 12.0. The quantitative estimate of drug-likeness (QED) is 0.229. The van der Waals surface area contributed by atoms with Gasteiger partial charge in [0.15, 0.2) is 11.7 Å². The maximum atomic E-state index is 14.2. The Labute approximate surface area is 290 Å². The molecule has 0 amide bonds. The molecule has 0 aromatic heterocycles. The highest BCUT2D eigenvalue weighted by Crippen LogP contribution is 2.75. The van der Waals surface area contributed by atoms with E-state index in [0.717, 1.165) is 82.1 Å². The number of aliphatic hydroxyl groups is 2. The van der Waals surface area contributed by atoms with E-state index in [-0.39, 0.29) is 41.4 Å². The van der Waals surface area contributed by atoms with Gasteiger partial charge in [-0.3, -0.25) is 9.79 Å². The van der Waals surface area contributed by atoms with Crippen LogP contribution in [0.2, 0.25) is 0 Å². The van der Waals surface area contributed by atoms with Gasteiger partial charge in [-0.25, -0.2) is 0 Å². The molecule has 9 atom stereocenters. The summed E-state index contributed by atoms with van der Waals surface area (Å²) < 4.78 is 0. The van der Waals surface area contributed by atoms with Gasteiger partial charge in [0.05, 0.1) is 5.54 Å². The van der Waals surface area contributed by atoms with Crippen LogP contribution < -0.4 is 11.1 Å². The first-order chi connectivity index (χ1) is 22.7. The van der Waals surface area contributed by atoms with Crippen LogP contribution in [0.25, 0.3) is 0 Å². The number of guanidine groups is 1. The maximum absolute atomic E-state index is 14.2. The number of aliphatic imine (C=N–C) groups is 1. The molecule has 8 heteroatoms. The Balaban J connectivity index is 1.24. The Morgan fingerprint density at radius 3 is 2.83 bits per heavy atom. The van der Waals surface area contributed by atoms with Gasteiger partial charge in [-0.05, 0) is 122 Å². The van der Waals surface area contributed by atoms with E-state index in [9.17, 15) is 15.0 Å². The lowest BCUT2D eigenvalue weighted by Gasteiger charge is -2.57. The molecule has 47 heavy (non-hydrogen) atoms. The second kappa shape index (κ2) is 13.3. The van der Waals surface area contributed by atoms with Crippen molar-refractivity contribution >= 4 is 33.3 Å². The Kier molecular flexibility index (Phi) is 9.64. The van der Waals surface area contributed by atoms with E-state index in [0.29, 0.717) is 47.1 Å². The summed E-state index contributed by atoms with van der Waals surface area (Å²) in [7, 11) is 4.14. The molecule has 1 aromatic carbocycles. The molecule has 2 aliphatic heterocycles. The number of hydrogen-bond donors (Lipinski definition) is 4. The third-order valence-electron chi connectivity index (χ3n) is 14.0. The highest BCUT2D eigenvalue weighted by molar-refractivity contribution is 8.77.